The lowest BCUT2D eigenvalue weighted by Crippen LogP contribution is -2.33. The Bertz CT molecular complexity index is 740. The Kier molecular flexibility index (Phi) is 9.58. The number of para-hydroxylation sites is 1. The number of methoxy groups -OCH3 is 1. The van der Waals surface area contributed by atoms with Crippen molar-refractivity contribution in [2.24, 2.45) is 0 Å². The van der Waals surface area contributed by atoms with Gasteiger partial charge in [0, 0.05) is 13.0 Å². The molecule has 0 N–H and O–H groups in total. The predicted molar refractivity (Wildman–Crippen MR) is 120 cm³/mol. The first kappa shape index (κ1) is 22.8. The van der Waals surface area contributed by atoms with Crippen LogP contribution in [-0.4, -0.2) is 45.4 Å². The van der Waals surface area contributed by atoms with E-state index in [1.54, 1.807) is 7.11 Å². The Balaban J connectivity index is 1.97. The number of aryl methyl sites for hydroxylation is 2. The van der Waals surface area contributed by atoms with Gasteiger partial charge in [0.15, 0.2) is 0 Å². The first-order valence-electron chi connectivity index (χ1n) is 10.3. The average molecular weight is 398 g/mol. The number of ether oxygens (including phenoxy) is 3. The molecule has 0 fully saturated rings. The molecule has 0 aliphatic heterocycles. The third-order valence-electron chi connectivity index (χ3n) is 4.67. The van der Waals surface area contributed by atoms with Crippen molar-refractivity contribution < 1.29 is 14.2 Å². The molecular weight excluding hydrogens is 362 g/mol. The van der Waals surface area contributed by atoms with Gasteiger partial charge in [-0.05, 0) is 62.7 Å². The molecule has 0 unspecified atom stereocenters. The molecule has 0 aliphatic carbocycles. The second-order valence-corrected chi connectivity index (χ2v) is 7.56. The summed E-state index contributed by atoms with van der Waals surface area (Å²) in [6, 6.07) is 16.5. The molecule has 0 saturated heterocycles. The Hall–Kier alpha value is -2.46. The van der Waals surface area contributed by atoms with E-state index in [4.69, 9.17) is 14.2 Å². The molecule has 4 nitrogen and oxygen atoms in total. The molecule has 0 amide bonds. The van der Waals surface area contributed by atoms with Crippen molar-refractivity contribution in [3.8, 4) is 11.5 Å². The topological polar surface area (TPSA) is 30.9 Å². The molecule has 158 valence electrons. The van der Waals surface area contributed by atoms with Crippen LogP contribution in [0.15, 0.2) is 60.9 Å². The van der Waals surface area contributed by atoms with Crippen molar-refractivity contribution in [2.75, 3.05) is 34.4 Å². The van der Waals surface area contributed by atoms with Crippen LogP contribution in [-0.2, 0) is 17.6 Å². The molecule has 2 rings (SSSR count). The van der Waals surface area contributed by atoms with Crippen molar-refractivity contribution >= 4 is 0 Å². The molecule has 29 heavy (non-hydrogen) atoms. The maximum Gasteiger partial charge on any atom is 0.145 e. The molecule has 1 atom stereocenters. The van der Waals surface area contributed by atoms with Crippen molar-refractivity contribution in [3.63, 3.8) is 0 Å². The Morgan fingerprint density at radius 1 is 1.03 bits per heavy atom. The summed E-state index contributed by atoms with van der Waals surface area (Å²) >= 11 is 0. The quantitative estimate of drug-likeness (QED) is 0.439. The molecule has 2 aromatic carbocycles. The Morgan fingerprint density at radius 3 is 2.41 bits per heavy atom. The first-order chi connectivity index (χ1) is 14.0. The van der Waals surface area contributed by atoms with Gasteiger partial charge < -0.3 is 19.1 Å². The molecule has 2 aromatic rings. The van der Waals surface area contributed by atoms with E-state index in [1.807, 2.05) is 38.4 Å². The van der Waals surface area contributed by atoms with E-state index >= 15 is 0 Å². The molecule has 0 spiro atoms. The minimum atomic E-state index is -0.0429. The van der Waals surface area contributed by atoms with E-state index in [1.165, 1.54) is 11.1 Å². The van der Waals surface area contributed by atoms with Crippen LogP contribution in [0.25, 0.3) is 0 Å². The normalized spacial score (nSPS) is 11.9. The number of hydrogen-bond donors (Lipinski definition) is 0. The monoisotopic (exact) mass is 397 g/mol. The van der Waals surface area contributed by atoms with Gasteiger partial charge in [-0.25, -0.2) is 0 Å². The van der Waals surface area contributed by atoms with Crippen molar-refractivity contribution in [2.45, 2.75) is 38.7 Å². The molecule has 0 saturated carbocycles. The van der Waals surface area contributed by atoms with E-state index in [2.05, 4.69) is 42.7 Å². The lowest BCUT2D eigenvalue weighted by Gasteiger charge is -2.24. The number of allylic oxidation sites excluding steroid dienone is 1. The second kappa shape index (κ2) is 12.2. The van der Waals surface area contributed by atoms with E-state index in [-0.39, 0.29) is 6.10 Å². The highest BCUT2D eigenvalue weighted by molar-refractivity contribution is 5.35. The van der Waals surface area contributed by atoms with Crippen molar-refractivity contribution in [1.82, 2.24) is 4.90 Å². The lowest BCUT2D eigenvalue weighted by molar-refractivity contribution is 0.0456. The van der Waals surface area contributed by atoms with Gasteiger partial charge in [-0.2, -0.15) is 0 Å². The van der Waals surface area contributed by atoms with Gasteiger partial charge in [-0.15, -0.1) is 0 Å². The Morgan fingerprint density at radius 2 is 1.76 bits per heavy atom. The maximum atomic E-state index is 6.19. The van der Waals surface area contributed by atoms with Gasteiger partial charge in [0.05, 0.1) is 12.9 Å². The highest BCUT2D eigenvalue weighted by Crippen LogP contribution is 2.22. The summed E-state index contributed by atoms with van der Waals surface area (Å²) in [7, 11) is 5.77. The average Bonchev–Trinajstić information content (AvgIpc) is 2.71. The summed E-state index contributed by atoms with van der Waals surface area (Å²) in [4.78, 5) is 2.11. The number of nitrogens with zero attached hydrogens (tertiary/aromatic N) is 1. The molecule has 0 aromatic heterocycles. The predicted octanol–water partition coefficient (Wildman–Crippen LogP) is 5.12. The van der Waals surface area contributed by atoms with Crippen molar-refractivity contribution in [3.05, 3.63) is 72.0 Å². The summed E-state index contributed by atoms with van der Waals surface area (Å²) in [5.41, 5.74) is 2.49. The fraction of sp³-hybridized carbons (Fsp3) is 0.440. The van der Waals surface area contributed by atoms with E-state index in [0.29, 0.717) is 6.61 Å². The standard InChI is InChI=1S/C25H35NO3/c1-6-9-20(2)29-24(18-26(3)4)19-28-25-11-8-7-10-22(25)15-12-21-13-16-23(27-5)17-14-21/h7-8,10-11,13-14,16-17,24H,2,6,9,12,15,18-19H2,1,3-5H3/t24-/m1/s1. The van der Waals surface area contributed by atoms with E-state index in [0.717, 1.165) is 49.5 Å². The number of likely N-dealkylation sites (N-methyl/N-ethyl adjacent to an activating group) is 1. The zero-order valence-electron chi connectivity index (χ0n) is 18.3. The lowest BCUT2D eigenvalue weighted by atomic mass is 10.0. The van der Waals surface area contributed by atoms with Crippen LogP contribution >= 0.6 is 0 Å². The maximum absolute atomic E-state index is 6.19. The number of benzene rings is 2. The smallest absolute Gasteiger partial charge is 0.145 e. The van der Waals surface area contributed by atoms with Crippen LogP contribution < -0.4 is 9.47 Å². The fourth-order valence-electron chi connectivity index (χ4n) is 3.21. The summed E-state index contributed by atoms with van der Waals surface area (Å²) < 4.78 is 17.5. The van der Waals surface area contributed by atoms with Gasteiger partial charge in [-0.1, -0.05) is 43.8 Å². The molecule has 0 heterocycles. The second-order valence-electron chi connectivity index (χ2n) is 7.56. The van der Waals surface area contributed by atoms with Gasteiger partial charge >= 0.3 is 0 Å². The summed E-state index contributed by atoms with van der Waals surface area (Å²) in [5, 5.41) is 0. The van der Waals surface area contributed by atoms with Crippen LogP contribution in [0.1, 0.15) is 30.9 Å². The SMILES string of the molecule is C=C(CCC)O[C@@H](COc1ccccc1CCc1ccc(OC)cc1)CN(C)C. The minimum absolute atomic E-state index is 0.0429. The zero-order valence-corrected chi connectivity index (χ0v) is 18.3. The molecule has 4 heteroatoms. The molecule has 0 aliphatic rings. The largest absolute Gasteiger partial charge is 0.497 e. The first-order valence-corrected chi connectivity index (χ1v) is 10.3. The van der Waals surface area contributed by atoms with Crippen LogP contribution in [0.2, 0.25) is 0 Å². The highest BCUT2D eigenvalue weighted by atomic mass is 16.5. The highest BCUT2D eigenvalue weighted by Gasteiger charge is 2.15. The number of rotatable bonds is 13. The van der Waals surface area contributed by atoms with Crippen molar-refractivity contribution in [1.29, 1.82) is 0 Å². The summed E-state index contributed by atoms with van der Waals surface area (Å²) in [6.45, 7) is 7.45. The van der Waals surface area contributed by atoms with Gasteiger partial charge in [0.25, 0.3) is 0 Å². The van der Waals surface area contributed by atoms with Crippen LogP contribution in [0, 0.1) is 0 Å². The van der Waals surface area contributed by atoms with Gasteiger partial charge in [0.1, 0.15) is 24.2 Å². The van der Waals surface area contributed by atoms with Crippen LogP contribution in [0.3, 0.4) is 0 Å². The van der Waals surface area contributed by atoms with Gasteiger partial charge in [-0.3, -0.25) is 0 Å². The van der Waals surface area contributed by atoms with E-state index < -0.39 is 0 Å². The van der Waals surface area contributed by atoms with E-state index in [9.17, 15) is 0 Å². The summed E-state index contributed by atoms with van der Waals surface area (Å²) in [5.74, 6) is 2.64. The van der Waals surface area contributed by atoms with Crippen LogP contribution in [0.5, 0.6) is 11.5 Å². The third-order valence-corrected chi connectivity index (χ3v) is 4.67. The summed E-state index contributed by atoms with van der Waals surface area (Å²) in [6.07, 6.45) is 3.74. The molecule has 0 radical (unpaired) electrons. The van der Waals surface area contributed by atoms with Crippen LogP contribution in [0.4, 0.5) is 0 Å². The van der Waals surface area contributed by atoms with Gasteiger partial charge in [0.2, 0.25) is 0 Å². The fourth-order valence-corrected chi connectivity index (χ4v) is 3.21. The minimum Gasteiger partial charge on any atom is -0.497 e. The Labute approximate surface area is 176 Å². The zero-order chi connectivity index (χ0) is 21.1. The number of hydrogen-bond acceptors (Lipinski definition) is 4. The molecule has 0 bridgehead atoms. The third kappa shape index (κ3) is 8.20. The molecular formula is C25H35NO3.